The molecule has 1 atom stereocenters. The van der Waals surface area contributed by atoms with Crippen molar-refractivity contribution in [3.63, 3.8) is 0 Å². The number of aliphatic hydroxyl groups is 1. The van der Waals surface area contributed by atoms with Crippen molar-refractivity contribution in [2.24, 2.45) is 0 Å². The summed E-state index contributed by atoms with van der Waals surface area (Å²) in [6.45, 7) is 3.19. The van der Waals surface area contributed by atoms with Crippen molar-refractivity contribution < 1.29 is 44.3 Å². The molecule has 4 N–H and O–H groups in total. The first-order valence-electron chi connectivity index (χ1n) is 12.8. The summed E-state index contributed by atoms with van der Waals surface area (Å²) in [5, 5.41) is 35.0. The fraction of sp³-hybridized carbons (Fsp3) is 0.379. The van der Waals surface area contributed by atoms with E-state index in [4.69, 9.17) is 29.9 Å². The summed E-state index contributed by atoms with van der Waals surface area (Å²) >= 11 is 0. The Hall–Kier alpha value is -4.06. The molecule has 0 radical (unpaired) electrons. The zero-order valence-electron chi connectivity index (χ0n) is 22.2. The normalized spacial score (nSPS) is 14.9. The number of carbonyl (C=O) groups is 3. The van der Waals surface area contributed by atoms with E-state index < -0.39 is 36.4 Å². The highest BCUT2D eigenvalue weighted by Gasteiger charge is 2.40. The molecule has 11 nitrogen and oxygen atoms in total. The molecule has 11 heteroatoms. The third-order valence-corrected chi connectivity index (χ3v) is 6.32. The first-order chi connectivity index (χ1) is 19.1. The molecule has 3 aromatic rings. The smallest absolute Gasteiger partial charge is 0.336 e. The lowest BCUT2D eigenvalue weighted by atomic mass is 9.96. The monoisotopic (exact) mass is 554 g/mol. The minimum absolute atomic E-state index is 0.235. The number of benzene rings is 2. The van der Waals surface area contributed by atoms with Gasteiger partial charge in [-0.15, -0.1) is 0 Å². The fourth-order valence-electron chi connectivity index (χ4n) is 4.39. The van der Waals surface area contributed by atoms with Crippen molar-refractivity contribution in [2.45, 2.75) is 50.5 Å². The highest BCUT2D eigenvalue weighted by molar-refractivity contribution is 5.88. The minimum atomic E-state index is -2.74. The SMILES string of the molecule is CN(Cc1ccccc1OCC1CCCO1)Cc1cccc2ncccc12.O=C(O)CC(O)(CC(=O)O)C(=O)O. The van der Waals surface area contributed by atoms with E-state index >= 15 is 0 Å². The number of hydrogen-bond acceptors (Lipinski definition) is 8. The van der Waals surface area contributed by atoms with Crippen molar-refractivity contribution in [3.05, 3.63) is 71.9 Å². The number of rotatable bonds is 12. The van der Waals surface area contributed by atoms with Gasteiger partial charge in [-0.2, -0.15) is 0 Å². The van der Waals surface area contributed by atoms with E-state index in [0.717, 1.165) is 43.8 Å². The summed E-state index contributed by atoms with van der Waals surface area (Å²) in [7, 11) is 2.14. The van der Waals surface area contributed by atoms with Gasteiger partial charge in [0.2, 0.25) is 0 Å². The van der Waals surface area contributed by atoms with Crippen LogP contribution in [0.1, 0.15) is 36.8 Å². The number of pyridine rings is 1. The third-order valence-electron chi connectivity index (χ3n) is 6.32. The minimum Gasteiger partial charge on any atom is -0.491 e. The van der Waals surface area contributed by atoms with E-state index in [1.54, 1.807) is 0 Å². The van der Waals surface area contributed by atoms with Gasteiger partial charge >= 0.3 is 17.9 Å². The molecular weight excluding hydrogens is 520 g/mol. The average molecular weight is 555 g/mol. The number of ether oxygens (including phenoxy) is 2. The number of carboxylic acids is 3. The van der Waals surface area contributed by atoms with Crippen LogP contribution in [0.25, 0.3) is 10.9 Å². The summed E-state index contributed by atoms with van der Waals surface area (Å²) < 4.78 is 11.8. The summed E-state index contributed by atoms with van der Waals surface area (Å²) in [6, 6.07) is 18.8. The topological polar surface area (TPSA) is 167 Å². The van der Waals surface area contributed by atoms with Gasteiger partial charge in [0.15, 0.2) is 5.60 Å². The van der Waals surface area contributed by atoms with Crippen LogP contribution < -0.4 is 4.74 Å². The van der Waals surface area contributed by atoms with E-state index in [0.29, 0.717) is 6.61 Å². The van der Waals surface area contributed by atoms with Gasteiger partial charge in [-0.25, -0.2) is 4.79 Å². The lowest BCUT2D eigenvalue weighted by Gasteiger charge is -2.20. The molecule has 2 aromatic carbocycles. The van der Waals surface area contributed by atoms with E-state index in [2.05, 4.69) is 59.4 Å². The number of aliphatic carboxylic acids is 3. The predicted octanol–water partition coefficient (Wildman–Crippen LogP) is 3.18. The molecule has 2 heterocycles. The van der Waals surface area contributed by atoms with Crippen LogP contribution >= 0.6 is 0 Å². The molecule has 1 unspecified atom stereocenters. The molecule has 1 aliphatic rings. The highest BCUT2D eigenvalue weighted by Crippen LogP contribution is 2.24. The summed E-state index contributed by atoms with van der Waals surface area (Å²) in [4.78, 5) is 37.3. The van der Waals surface area contributed by atoms with Crippen LogP contribution in [0.15, 0.2) is 60.8 Å². The van der Waals surface area contributed by atoms with Crippen LogP contribution in [-0.2, 0) is 32.2 Å². The second-order valence-electron chi connectivity index (χ2n) is 9.69. The Balaban J connectivity index is 0.000000289. The molecule has 4 rings (SSSR count). The van der Waals surface area contributed by atoms with Gasteiger partial charge in [0.1, 0.15) is 12.4 Å². The lowest BCUT2D eigenvalue weighted by molar-refractivity contribution is -0.170. The second kappa shape index (κ2) is 14.4. The van der Waals surface area contributed by atoms with Crippen molar-refractivity contribution >= 4 is 28.8 Å². The van der Waals surface area contributed by atoms with Gasteiger partial charge in [0, 0.05) is 36.8 Å². The van der Waals surface area contributed by atoms with Crippen LogP contribution in [-0.4, -0.2) is 80.2 Å². The van der Waals surface area contributed by atoms with Gasteiger partial charge in [-0.3, -0.25) is 19.5 Å². The van der Waals surface area contributed by atoms with Gasteiger partial charge in [0.05, 0.1) is 24.5 Å². The highest BCUT2D eigenvalue weighted by atomic mass is 16.5. The maximum atomic E-state index is 10.3. The van der Waals surface area contributed by atoms with Crippen molar-refractivity contribution in [1.29, 1.82) is 0 Å². The zero-order valence-corrected chi connectivity index (χ0v) is 22.2. The maximum absolute atomic E-state index is 10.3. The van der Waals surface area contributed by atoms with Crippen molar-refractivity contribution in [3.8, 4) is 5.75 Å². The van der Waals surface area contributed by atoms with E-state index in [1.807, 2.05) is 18.3 Å². The molecule has 0 bridgehead atoms. The Morgan fingerprint density at radius 3 is 2.30 bits per heavy atom. The Morgan fingerprint density at radius 1 is 0.975 bits per heavy atom. The predicted molar refractivity (Wildman–Crippen MR) is 145 cm³/mol. The second-order valence-corrected chi connectivity index (χ2v) is 9.69. The molecule has 1 aromatic heterocycles. The quantitative estimate of drug-likeness (QED) is 0.260. The van der Waals surface area contributed by atoms with Crippen LogP contribution in [0.5, 0.6) is 5.75 Å². The summed E-state index contributed by atoms with van der Waals surface area (Å²) in [5.74, 6) is -4.06. The molecule has 214 valence electrons. The van der Waals surface area contributed by atoms with E-state index in [1.165, 1.54) is 16.5 Å². The summed E-state index contributed by atoms with van der Waals surface area (Å²) in [5.41, 5.74) is 0.804. The van der Waals surface area contributed by atoms with Crippen LogP contribution in [0.2, 0.25) is 0 Å². The number of hydrogen-bond donors (Lipinski definition) is 4. The lowest BCUT2D eigenvalue weighted by Crippen LogP contribution is -2.42. The van der Waals surface area contributed by atoms with Gasteiger partial charge in [-0.1, -0.05) is 36.4 Å². The largest absolute Gasteiger partial charge is 0.491 e. The third kappa shape index (κ3) is 9.01. The maximum Gasteiger partial charge on any atom is 0.336 e. The average Bonchev–Trinajstić information content (AvgIpc) is 3.41. The Kier molecular flexibility index (Phi) is 10.9. The molecule has 0 saturated carbocycles. The molecule has 40 heavy (non-hydrogen) atoms. The number of nitrogens with zero attached hydrogens (tertiary/aromatic N) is 2. The molecule has 1 aliphatic heterocycles. The fourth-order valence-corrected chi connectivity index (χ4v) is 4.39. The molecule has 0 amide bonds. The zero-order chi connectivity index (χ0) is 29.1. The van der Waals surface area contributed by atoms with E-state index in [9.17, 15) is 14.4 Å². The first kappa shape index (κ1) is 30.5. The van der Waals surface area contributed by atoms with Crippen LogP contribution in [0, 0.1) is 0 Å². The molecule has 1 saturated heterocycles. The van der Waals surface area contributed by atoms with Crippen LogP contribution in [0.3, 0.4) is 0 Å². The standard InChI is InChI=1S/C23H26N2O2.C6H8O7/c1-25(15-18-8-4-11-22-21(18)10-5-13-24-22)16-19-7-2-3-12-23(19)27-17-20-9-6-14-26-20;7-3(8)1-6(13,5(11)12)2-4(9)10/h2-5,7-8,10-13,20H,6,9,14-17H2,1H3;13H,1-2H2,(H,7,8)(H,9,10)(H,11,12). The Bertz CT molecular complexity index is 1290. The molecule has 0 aliphatic carbocycles. The van der Waals surface area contributed by atoms with Crippen molar-refractivity contribution in [1.82, 2.24) is 9.88 Å². The number of carboxylic acid groups (broad SMARTS) is 3. The van der Waals surface area contributed by atoms with E-state index in [-0.39, 0.29) is 6.10 Å². The molecular formula is C29H34N2O9. The first-order valence-corrected chi connectivity index (χ1v) is 12.8. The Labute approximate surface area is 231 Å². The van der Waals surface area contributed by atoms with Crippen molar-refractivity contribution in [2.75, 3.05) is 20.3 Å². The molecule has 1 fully saturated rings. The van der Waals surface area contributed by atoms with Crippen LogP contribution in [0.4, 0.5) is 0 Å². The van der Waals surface area contributed by atoms with Gasteiger partial charge < -0.3 is 29.9 Å². The van der Waals surface area contributed by atoms with Gasteiger partial charge in [-0.05, 0) is 43.7 Å². The number of para-hydroxylation sites is 1. The Morgan fingerprint density at radius 2 is 1.65 bits per heavy atom. The number of fused-ring (bicyclic) bond motifs is 1. The summed E-state index contributed by atoms with van der Waals surface area (Å²) in [6.07, 6.45) is 2.02. The number of aromatic nitrogens is 1. The van der Waals surface area contributed by atoms with Gasteiger partial charge in [0.25, 0.3) is 0 Å². The molecule has 0 spiro atoms.